The van der Waals surface area contributed by atoms with Gasteiger partial charge < -0.3 is 25.4 Å². The average Bonchev–Trinajstić information content (AvgIpc) is 3.05. The molecule has 29 heavy (non-hydrogen) atoms. The molecule has 8 heteroatoms. The molecule has 1 amide bonds. The predicted octanol–water partition coefficient (Wildman–Crippen LogP) is 2.06. The van der Waals surface area contributed by atoms with Gasteiger partial charge in [-0.3, -0.25) is 0 Å². The third-order valence-corrected chi connectivity index (χ3v) is 5.93. The van der Waals surface area contributed by atoms with Crippen LogP contribution in [0.15, 0.2) is 48.5 Å². The van der Waals surface area contributed by atoms with Crippen molar-refractivity contribution in [3.63, 3.8) is 0 Å². The molecule has 0 saturated heterocycles. The minimum atomic E-state index is -1.19. The monoisotopic (exact) mass is 417 g/mol. The number of carboxylic acids is 1. The smallest absolute Gasteiger partial charge is 0.407 e. The number of thioether (sulfide) groups is 1. The number of aliphatic hydroxyl groups is 2. The van der Waals surface area contributed by atoms with Crippen LogP contribution in [0.5, 0.6) is 0 Å². The van der Waals surface area contributed by atoms with E-state index in [0.717, 1.165) is 34.0 Å². The Morgan fingerprint density at radius 3 is 2.17 bits per heavy atom. The zero-order valence-corrected chi connectivity index (χ0v) is 16.5. The van der Waals surface area contributed by atoms with Gasteiger partial charge in [0.25, 0.3) is 0 Å². The van der Waals surface area contributed by atoms with Crippen LogP contribution in [0.1, 0.15) is 17.0 Å². The summed E-state index contributed by atoms with van der Waals surface area (Å²) in [7, 11) is 0. The van der Waals surface area contributed by atoms with E-state index in [-0.39, 0.29) is 24.0 Å². The molecule has 1 aliphatic rings. The lowest BCUT2D eigenvalue weighted by Crippen LogP contribution is -2.43. The largest absolute Gasteiger partial charge is 0.480 e. The van der Waals surface area contributed by atoms with Gasteiger partial charge >= 0.3 is 12.1 Å². The number of benzene rings is 2. The van der Waals surface area contributed by atoms with E-state index in [1.54, 1.807) is 0 Å². The second-order valence-electron chi connectivity index (χ2n) is 6.73. The van der Waals surface area contributed by atoms with Gasteiger partial charge in [0, 0.05) is 17.4 Å². The maximum atomic E-state index is 12.2. The number of aliphatic hydroxyl groups excluding tert-OH is 2. The van der Waals surface area contributed by atoms with Crippen molar-refractivity contribution in [1.82, 2.24) is 5.32 Å². The van der Waals surface area contributed by atoms with Crippen LogP contribution in [0.4, 0.5) is 4.79 Å². The van der Waals surface area contributed by atoms with Gasteiger partial charge in [0.2, 0.25) is 0 Å². The van der Waals surface area contributed by atoms with Crippen LogP contribution in [-0.4, -0.2) is 64.2 Å². The van der Waals surface area contributed by atoms with Gasteiger partial charge in [0.15, 0.2) is 0 Å². The lowest BCUT2D eigenvalue weighted by Gasteiger charge is -2.17. The highest BCUT2D eigenvalue weighted by Gasteiger charge is 2.29. The topological polar surface area (TPSA) is 116 Å². The normalized spacial score (nSPS) is 14.6. The van der Waals surface area contributed by atoms with E-state index < -0.39 is 30.8 Å². The molecule has 0 radical (unpaired) electrons. The quantitative estimate of drug-likeness (QED) is 0.494. The molecule has 4 N–H and O–H groups in total. The molecule has 1 aliphatic carbocycles. The van der Waals surface area contributed by atoms with Crippen LogP contribution >= 0.6 is 11.8 Å². The van der Waals surface area contributed by atoms with Gasteiger partial charge in [-0.1, -0.05) is 48.5 Å². The van der Waals surface area contributed by atoms with Crippen molar-refractivity contribution in [3.8, 4) is 11.1 Å². The van der Waals surface area contributed by atoms with Gasteiger partial charge in [-0.15, -0.1) is 0 Å². The van der Waals surface area contributed by atoms with E-state index in [9.17, 15) is 19.8 Å². The Morgan fingerprint density at radius 1 is 1.03 bits per heavy atom. The molecule has 154 valence electrons. The summed E-state index contributed by atoms with van der Waals surface area (Å²) in [5, 5.41) is 29.8. The highest BCUT2D eigenvalue weighted by atomic mass is 32.2. The highest BCUT2D eigenvalue weighted by molar-refractivity contribution is 7.99. The first-order valence-electron chi connectivity index (χ1n) is 9.22. The number of rotatable bonds is 9. The fraction of sp³-hybridized carbons (Fsp3) is 0.333. The molecule has 0 bridgehead atoms. The molecular formula is C21H23NO6S. The molecule has 0 spiro atoms. The summed E-state index contributed by atoms with van der Waals surface area (Å²) in [5.41, 5.74) is 4.37. The van der Waals surface area contributed by atoms with Crippen molar-refractivity contribution in [1.29, 1.82) is 0 Å². The van der Waals surface area contributed by atoms with Crippen molar-refractivity contribution >= 4 is 23.8 Å². The van der Waals surface area contributed by atoms with Crippen molar-refractivity contribution in [2.45, 2.75) is 18.1 Å². The Hall–Kier alpha value is -2.55. The molecule has 3 rings (SSSR count). The number of aliphatic carboxylic acids is 1. The van der Waals surface area contributed by atoms with Crippen molar-refractivity contribution < 1.29 is 29.6 Å². The number of hydrogen-bond donors (Lipinski definition) is 4. The number of fused-ring (bicyclic) bond motifs is 3. The average molecular weight is 417 g/mol. The third kappa shape index (κ3) is 5.09. The number of carbonyl (C=O) groups excluding carboxylic acids is 1. The van der Waals surface area contributed by atoms with E-state index in [2.05, 4.69) is 5.32 Å². The molecule has 0 aromatic heterocycles. The standard InChI is InChI=1S/C21H23NO6S/c23-9-13(24)11-29-12-19(20(25)26)22-21(27)28-10-18-16-7-3-1-5-14(16)15-6-2-4-8-17(15)18/h1-8,13,18-19,23-24H,9-12H2,(H,22,27)(H,25,26). The van der Waals surface area contributed by atoms with Crippen LogP contribution in [-0.2, 0) is 9.53 Å². The summed E-state index contributed by atoms with van der Waals surface area (Å²) in [5.74, 6) is -1.07. The van der Waals surface area contributed by atoms with Crippen LogP contribution in [0.3, 0.4) is 0 Å². The zero-order valence-electron chi connectivity index (χ0n) is 15.7. The minimum Gasteiger partial charge on any atom is -0.480 e. The first-order valence-corrected chi connectivity index (χ1v) is 10.4. The molecule has 2 unspecified atom stereocenters. The first-order chi connectivity index (χ1) is 14.0. The van der Waals surface area contributed by atoms with E-state index in [1.165, 1.54) is 0 Å². The van der Waals surface area contributed by atoms with Crippen molar-refractivity contribution in [3.05, 3.63) is 59.7 Å². The van der Waals surface area contributed by atoms with E-state index in [4.69, 9.17) is 9.84 Å². The molecule has 2 aromatic carbocycles. The van der Waals surface area contributed by atoms with Crippen LogP contribution < -0.4 is 5.32 Å². The Kier molecular flexibility index (Phi) is 7.13. The molecule has 2 atom stereocenters. The van der Waals surface area contributed by atoms with E-state index >= 15 is 0 Å². The van der Waals surface area contributed by atoms with Gasteiger partial charge in [0.05, 0.1) is 12.7 Å². The summed E-state index contributed by atoms with van der Waals surface area (Å²) in [6, 6.07) is 14.7. The molecule has 2 aromatic rings. The molecular weight excluding hydrogens is 394 g/mol. The van der Waals surface area contributed by atoms with Crippen LogP contribution in [0.25, 0.3) is 11.1 Å². The molecule has 0 fully saturated rings. The maximum absolute atomic E-state index is 12.2. The van der Waals surface area contributed by atoms with Gasteiger partial charge in [-0.25, -0.2) is 9.59 Å². The Morgan fingerprint density at radius 2 is 1.62 bits per heavy atom. The second-order valence-corrected chi connectivity index (χ2v) is 7.81. The Labute approximate surface area is 172 Å². The lowest BCUT2D eigenvalue weighted by molar-refractivity contribution is -0.138. The van der Waals surface area contributed by atoms with E-state index in [1.807, 2.05) is 48.5 Å². The number of carbonyl (C=O) groups is 2. The number of carboxylic acid groups (broad SMARTS) is 1. The summed E-state index contributed by atoms with van der Waals surface area (Å²) in [6.45, 7) is -0.298. The van der Waals surface area contributed by atoms with Gasteiger partial charge in [0.1, 0.15) is 12.6 Å². The van der Waals surface area contributed by atoms with Crippen LogP contribution in [0, 0.1) is 0 Å². The maximum Gasteiger partial charge on any atom is 0.407 e. The number of hydrogen-bond acceptors (Lipinski definition) is 6. The Bertz CT molecular complexity index is 828. The molecule has 0 heterocycles. The fourth-order valence-corrected chi connectivity index (χ4v) is 4.31. The van der Waals surface area contributed by atoms with Crippen LogP contribution in [0.2, 0.25) is 0 Å². The summed E-state index contributed by atoms with van der Waals surface area (Å²) in [4.78, 5) is 23.6. The fourth-order valence-electron chi connectivity index (χ4n) is 3.33. The predicted molar refractivity (Wildman–Crippen MR) is 110 cm³/mol. The third-order valence-electron chi connectivity index (χ3n) is 4.74. The van der Waals surface area contributed by atoms with E-state index in [0.29, 0.717) is 0 Å². The SMILES string of the molecule is O=C(NC(CSCC(O)CO)C(=O)O)OCC1c2ccccc2-c2ccccc21. The minimum absolute atomic E-state index is 0.0522. The van der Waals surface area contributed by atoms with Crippen molar-refractivity contribution in [2.24, 2.45) is 0 Å². The molecule has 7 nitrogen and oxygen atoms in total. The number of nitrogens with one attached hydrogen (secondary N) is 1. The van der Waals surface area contributed by atoms with Gasteiger partial charge in [-0.2, -0.15) is 11.8 Å². The summed E-state index contributed by atoms with van der Waals surface area (Å²) >= 11 is 1.13. The number of ether oxygens (including phenoxy) is 1. The molecule has 0 saturated carbocycles. The summed E-state index contributed by atoms with van der Waals surface area (Å²) < 4.78 is 5.36. The Balaban J connectivity index is 1.59. The van der Waals surface area contributed by atoms with Gasteiger partial charge in [-0.05, 0) is 22.3 Å². The first kappa shape index (κ1) is 21.2. The highest BCUT2D eigenvalue weighted by Crippen LogP contribution is 2.44. The number of alkyl carbamates (subject to hydrolysis) is 1. The van der Waals surface area contributed by atoms with Crippen molar-refractivity contribution in [2.75, 3.05) is 24.7 Å². The summed E-state index contributed by atoms with van der Waals surface area (Å²) in [6.07, 6.45) is -1.73. The zero-order chi connectivity index (χ0) is 20.8. The number of amides is 1. The lowest BCUT2D eigenvalue weighted by atomic mass is 9.98. The molecule has 0 aliphatic heterocycles. The second kappa shape index (κ2) is 9.78.